The zero-order chi connectivity index (χ0) is 34.2. The van der Waals surface area contributed by atoms with E-state index in [0.29, 0.717) is 36.9 Å². The number of carbonyl (C=O) groups is 3. The summed E-state index contributed by atoms with van der Waals surface area (Å²) in [6.45, 7) is 5.53. The summed E-state index contributed by atoms with van der Waals surface area (Å²) in [6, 6.07) is 7.10. The highest BCUT2D eigenvalue weighted by Crippen LogP contribution is 2.31. The van der Waals surface area contributed by atoms with Crippen LogP contribution in [-0.2, 0) is 16.1 Å². The van der Waals surface area contributed by atoms with Crippen LogP contribution in [-0.4, -0.2) is 73.4 Å². The minimum atomic E-state index is -4.26. The molecule has 0 aromatic heterocycles. The van der Waals surface area contributed by atoms with E-state index in [2.05, 4.69) is 16.0 Å². The van der Waals surface area contributed by atoms with Crippen molar-refractivity contribution in [3.63, 3.8) is 0 Å². The number of amides is 3. The predicted octanol–water partition coefficient (Wildman–Crippen LogP) is 5.37. The second kappa shape index (κ2) is 15.4. The van der Waals surface area contributed by atoms with E-state index in [0.717, 1.165) is 12.1 Å². The Hall–Kier alpha value is -4.16. The van der Waals surface area contributed by atoms with Gasteiger partial charge in [0.2, 0.25) is 5.91 Å². The molecule has 3 N–H and O–H groups in total. The molecule has 2 aromatic rings. The monoisotopic (exact) mass is 672 g/mol. The Morgan fingerprint density at radius 1 is 1.04 bits per heavy atom. The Morgan fingerprint density at radius 2 is 1.72 bits per heavy atom. The van der Waals surface area contributed by atoms with Crippen molar-refractivity contribution in [1.29, 1.82) is 5.26 Å². The Kier molecular flexibility index (Phi) is 12.2. The molecular weight excluding hydrogens is 639 g/mol. The summed E-state index contributed by atoms with van der Waals surface area (Å²) in [5.41, 5.74) is -1.09. The lowest BCUT2D eigenvalue weighted by Crippen LogP contribution is -2.47. The van der Waals surface area contributed by atoms with Crippen LogP contribution in [0.4, 0.5) is 38.1 Å². The molecule has 1 aliphatic rings. The summed E-state index contributed by atoms with van der Waals surface area (Å²) in [4.78, 5) is 41.2. The standard InChI is InChI=1S/C30H34ClF5N6O4/c1-29(2,3)46-28(45)40-22(8-10-37)27(44)38-17-18-4-6-20(25(33)24(18)32)26(43)39-21-7-5-19(31)16-23(21)42-14-12-41(13-15-42)11-9-30(34,35)36/h4-7,16,22H,8-9,11-15,17H2,1-3H3,(H,38,44)(H,39,43)(H,40,45)/t22-/m0/s1. The molecule has 1 saturated heterocycles. The first-order chi connectivity index (χ1) is 21.5. The number of carbonyl (C=O) groups excluding carboxylic acids is 3. The van der Waals surface area contributed by atoms with Crippen LogP contribution in [0.15, 0.2) is 30.3 Å². The van der Waals surface area contributed by atoms with Crippen molar-refractivity contribution in [3.05, 3.63) is 58.1 Å². The molecule has 1 heterocycles. The zero-order valence-electron chi connectivity index (χ0n) is 25.4. The van der Waals surface area contributed by atoms with Gasteiger partial charge in [0.15, 0.2) is 11.6 Å². The number of alkyl carbamates (subject to hydrolysis) is 1. The van der Waals surface area contributed by atoms with Crippen molar-refractivity contribution >= 4 is 40.9 Å². The van der Waals surface area contributed by atoms with Crippen LogP contribution < -0.4 is 20.9 Å². The second-order valence-corrected chi connectivity index (χ2v) is 11.9. The Labute approximate surface area is 267 Å². The molecule has 0 unspecified atom stereocenters. The molecule has 2 aromatic carbocycles. The molecule has 3 amide bonds. The number of alkyl halides is 3. The van der Waals surface area contributed by atoms with E-state index >= 15 is 8.78 Å². The molecule has 1 fully saturated rings. The van der Waals surface area contributed by atoms with Gasteiger partial charge in [-0.1, -0.05) is 17.7 Å². The van der Waals surface area contributed by atoms with Crippen molar-refractivity contribution in [2.45, 2.75) is 58.0 Å². The Balaban J connectivity index is 1.67. The smallest absolute Gasteiger partial charge is 0.408 e. The van der Waals surface area contributed by atoms with Gasteiger partial charge in [-0.25, -0.2) is 13.6 Å². The Bertz CT molecular complexity index is 1470. The van der Waals surface area contributed by atoms with E-state index in [-0.39, 0.29) is 17.8 Å². The first-order valence-corrected chi connectivity index (χ1v) is 14.6. The van der Waals surface area contributed by atoms with Crippen LogP contribution in [0.2, 0.25) is 5.02 Å². The molecule has 46 heavy (non-hydrogen) atoms. The van der Waals surface area contributed by atoms with Crippen LogP contribution in [0.25, 0.3) is 0 Å². The highest BCUT2D eigenvalue weighted by atomic mass is 35.5. The topological polar surface area (TPSA) is 127 Å². The third kappa shape index (κ3) is 10.7. The van der Waals surface area contributed by atoms with E-state index in [9.17, 15) is 27.6 Å². The molecule has 0 radical (unpaired) electrons. The highest BCUT2D eigenvalue weighted by molar-refractivity contribution is 6.31. The van der Waals surface area contributed by atoms with Crippen LogP contribution in [0.3, 0.4) is 0 Å². The fraction of sp³-hybridized carbons (Fsp3) is 0.467. The molecule has 1 atom stereocenters. The average molecular weight is 673 g/mol. The van der Waals surface area contributed by atoms with Crippen LogP contribution >= 0.6 is 11.6 Å². The second-order valence-electron chi connectivity index (χ2n) is 11.5. The summed E-state index contributed by atoms with van der Waals surface area (Å²) >= 11 is 6.16. The highest BCUT2D eigenvalue weighted by Gasteiger charge is 2.30. The lowest BCUT2D eigenvalue weighted by molar-refractivity contribution is -0.138. The number of hydrogen-bond donors (Lipinski definition) is 3. The van der Waals surface area contributed by atoms with Crippen LogP contribution in [0, 0.1) is 23.0 Å². The van der Waals surface area contributed by atoms with Gasteiger partial charge in [0.25, 0.3) is 5.91 Å². The summed E-state index contributed by atoms with van der Waals surface area (Å²) in [5, 5.41) is 16.5. The molecule has 0 saturated carbocycles. The van der Waals surface area contributed by atoms with Gasteiger partial charge in [0.05, 0.1) is 35.8 Å². The van der Waals surface area contributed by atoms with Crippen molar-refractivity contribution < 1.29 is 41.1 Å². The zero-order valence-corrected chi connectivity index (χ0v) is 26.1. The van der Waals surface area contributed by atoms with E-state index in [1.165, 1.54) is 12.1 Å². The maximum Gasteiger partial charge on any atom is 0.408 e. The van der Waals surface area contributed by atoms with Gasteiger partial charge in [-0.05, 0) is 45.0 Å². The largest absolute Gasteiger partial charge is 0.444 e. The first kappa shape index (κ1) is 36.3. The number of hydrogen-bond acceptors (Lipinski definition) is 7. The summed E-state index contributed by atoms with van der Waals surface area (Å²) in [7, 11) is 0. The van der Waals surface area contributed by atoms with Gasteiger partial charge in [-0.15, -0.1) is 0 Å². The molecule has 250 valence electrons. The number of rotatable bonds is 10. The van der Waals surface area contributed by atoms with E-state index in [1.54, 1.807) is 37.8 Å². The lowest BCUT2D eigenvalue weighted by Gasteiger charge is -2.37. The van der Waals surface area contributed by atoms with Gasteiger partial charge in [0, 0.05) is 49.9 Å². The van der Waals surface area contributed by atoms with Crippen LogP contribution in [0.1, 0.15) is 49.5 Å². The summed E-state index contributed by atoms with van der Waals surface area (Å²) in [6.07, 6.45) is -6.54. The number of nitrogens with zero attached hydrogens (tertiary/aromatic N) is 3. The SMILES string of the molecule is CC(C)(C)OC(=O)N[C@@H](CC#N)C(=O)NCc1ccc(C(=O)Nc2ccc(Cl)cc2N2CCN(CCC(F)(F)F)CC2)c(F)c1F. The fourth-order valence-corrected chi connectivity index (χ4v) is 4.68. The van der Waals surface area contributed by atoms with Crippen LogP contribution in [0.5, 0.6) is 0 Å². The quantitative estimate of drug-likeness (QED) is 0.290. The van der Waals surface area contributed by atoms with Gasteiger partial charge in [-0.2, -0.15) is 18.4 Å². The normalized spacial score (nSPS) is 14.7. The molecule has 3 rings (SSSR count). The molecule has 0 bridgehead atoms. The van der Waals surface area contributed by atoms with Crippen molar-refractivity contribution in [2.24, 2.45) is 0 Å². The van der Waals surface area contributed by atoms with Crippen molar-refractivity contribution in [3.8, 4) is 6.07 Å². The molecule has 0 spiro atoms. The molecular formula is C30H34ClF5N6O4. The minimum absolute atomic E-state index is 0.135. The average Bonchev–Trinajstić information content (AvgIpc) is 2.96. The number of piperazine rings is 1. The number of ether oxygens (including phenoxy) is 1. The van der Waals surface area contributed by atoms with Gasteiger partial charge < -0.3 is 25.6 Å². The Morgan fingerprint density at radius 3 is 2.33 bits per heavy atom. The number of nitrogens with one attached hydrogen (secondary N) is 3. The third-order valence-electron chi connectivity index (χ3n) is 6.80. The maximum atomic E-state index is 15.1. The molecule has 10 nitrogen and oxygen atoms in total. The third-order valence-corrected chi connectivity index (χ3v) is 7.03. The van der Waals surface area contributed by atoms with Crippen molar-refractivity contribution in [2.75, 3.05) is 42.9 Å². The predicted molar refractivity (Wildman–Crippen MR) is 160 cm³/mol. The number of anilines is 2. The molecule has 1 aliphatic heterocycles. The number of nitriles is 1. The van der Waals surface area contributed by atoms with E-state index < -0.39 is 72.3 Å². The molecule has 16 heteroatoms. The van der Waals surface area contributed by atoms with Gasteiger partial charge >= 0.3 is 12.3 Å². The number of halogens is 6. The maximum absolute atomic E-state index is 15.1. The number of benzene rings is 2. The van der Waals surface area contributed by atoms with Crippen molar-refractivity contribution in [1.82, 2.24) is 15.5 Å². The van der Waals surface area contributed by atoms with Gasteiger partial charge in [-0.3, -0.25) is 14.5 Å². The summed E-state index contributed by atoms with van der Waals surface area (Å²) in [5.74, 6) is -4.69. The van der Waals surface area contributed by atoms with E-state index in [4.69, 9.17) is 21.6 Å². The lowest BCUT2D eigenvalue weighted by atomic mass is 10.1. The van der Waals surface area contributed by atoms with E-state index in [1.807, 2.05) is 4.90 Å². The first-order valence-electron chi connectivity index (χ1n) is 14.2. The minimum Gasteiger partial charge on any atom is -0.444 e. The molecule has 0 aliphatic carbocycles. The van der Waals surface area contributed by atoms with Gasteiger partial charge in [0.1, 0.15) is 11.6 Å². The summed E-state index contributed by atoms with van der Waals surface area (Å²) < 4.78 is 73.0. The fourth-order valence-electron chi connectivity index (χ4n) is 4.52.